The Kier molecular flexibility index (Phi) is 6.45. The fourth-order valence-electron chi connectivity index (χ4n) is 2.11. The lowest BCUT2D eigenvalue weighted by molar-refractivity contribution is -0.118. The molecule has 1 N–H and O–H groups in total. The lowest BCUT2D eigenvalue weighted by Gasteiger charge is -2.10. The van der Waals surface area contributed by atoms with Crippen LogP contribution >= 0.6 is 11.8 Å². The van der Waals surface area contributed by atoms with E-state index < -0.39 is 0 Å². The highest BCUT2D eigenvalue weighted by Crippen LogP contribution is 2.13. The first kappa shape index (κ1) is 16.5. The molecular weight excluding hydrogens is 296 g/mol. The van der Waals surface area contributed by atoms with Crippen LogP contribution in [0.4, 0.5) is 0 Å². The van der Waals surface area contributed by atoms with Gasteiger partial charge in [0.1, 0.15) is 5.82 Å². The number of pyridine rings is 1. The Labute approximate surface area is 135 Å². The molecule has 22 heavy (non-hydrogen) atoms. The molecule has 0 saturated heterocycles. The zero-order valence-corrected chi connectivity index (χ0v) is 13.8. The molecule has 1 amide bonds. The van der Waals surface area contributed by atoms with Crippen molar-refractivity contribution in [3.63, 3.8) is 0 Å². The van der Waals surface area contributed by atoms with Gasteiger partial charge < -0.3 is 9.88 Å². The fourth-order valence-corrected chi connectivity index (χ4v) is 2.80. The third-order valence-corrected chi connectivity index (χ3v) is 4.09. The van der Waals surface area contributed by atoms with Gasteiger partial charge >= 0.3 is 0 Å². The predicted octanol–water partition coefficient (Wildman–Crippen LogP) is 2.70. The van der Waals surface area contributed by atoms with E-state index in [9.17, 15) is 4.79 Å². The molecule has 0 radical (unpaired) electrons. The van der Waals surface area contributed by atoms with Crippen molar-refractivity contribution in [2.75, 3.05) is 12.3 Å². The van der Waals surface area contributed by atoms with Crippen LogP contribution in [0.3, 0.4) is 0 Å². The number of hydrogen-bond donors (Lipinski definition) is 1. The molecule has 0 fully saturated rings. The number of imidazole rings is 1. The Hall–Kier alpha value is -1.82. The minimum Gasteiger partial charge on any atom is -0.355 e. The van der Waals surface area contributed by atoms with Gasteiger partial charge in [0, 0.05) is 37.6 Å². The molecule has 0 saturated carbocycles. The molecule has 2 rings (SSSR count). The van der Waals surface area contributed by atoms with Gasteiger partial charge in [-0.25, -0.2) is 9.97 Å². The van der Waals surface area contributed by atoms with Crippen molar-refractivity contribution < 1.29 is 4.79 Å². The van der Waals surface area contributed by atoms with Gasteiger partial charge in [-0.05, 0) is 18.6 Å². The Morgan fingerprint density at radius 1 is 1.32 bits per heavy atom. The largest absolute Gasteiger partial charge is 0.355 e. The van der Waals surface area contributed by atoms with Crippen LogP contribution < -0.4 is 5.32 Å². The average Bonchev–Trinajstić information content (AvgIpc) is 2.99. The second-order valence-electron chi connectivity index (χ2n) is 5.29. The first-order chi connectivity index (χ1) is 10.7. The predicted molar refractivity (Wildman–Crippen MR) is 88.9 cm³/mol. The summed E-state index contributed by atoms with van der Waals surface area (Å²) in [6.07, 6.45) is 6.46. The number of nitrogens with one attached hydrogen (secondary N) is 1. The number of carbonyl (C=O) groups excluding carboxylic acids is 1. The molecule has 0 unspecified atom stereocenters. The van der Waals surface area contributed by atoms with E-state index >= 15 is 0 Å². The van der Waals surface area contributed by atoms with Gasteiger partial charge in [-0.1, -0.05) is 31.7 Å². The Balaban J connectivity index is 1.64. The Bertz CT molecular complexity index is 583. The van der Waals surface area contributed by atoms with E-state index in [4.69, 9.17) is 0 Å². The SMILES string of the molecule is CC(C)c1nccn1CCCNC(=O)CSc1ccccn1. The number of nitrogens with zero attached hydrogens (tertiary/aromatic N) is 3. The zero-order valence-electron chi connectivity index (χ0n) is 13.0. The summed E-state index contributed by atoms with van der Waals surface area (Å²) in [5, 5.41) is 3.82. The van der Waals surface area contributed by atoms with Crippen molar-refractivity contribution in [2.24, 2.45) is 0 Å². The van der Waals surface area contributed by atoms with Crippen molar-refractivity contribution in [2.45, 2.75) is 37.8 Å². The van der Waals surface area contributed by atoms with E-state index in [-0.39, 0.29) is 5.91 Å². The molecular formula is C16H22N4OS. The molecule has 0 aliphatic carbocycles. The first-order valence-corrected chi connectivity index (χ1v) is 8.47. The molecule has 2 aromatic rings. The highest BCUT2D eigenvalue weighted by molar-refractivity contribution is 7.99. The number of rotatable bonds is 8. The minimum atomic E-state index is 0.0466. The molecule has 0 spiro atoms. The summed E-state index contributed by atoms with van der Waals surface area (Å²) in [4.78, 5) is 20.3. The smallest absolute Gasteiger partial charge is 0.230 e. The summed E-state index contributed by atoms with van der Waals surface area (Å²) in [7, 11) is 0. The first-order valence-electron chi connectivity index (χ1n) is 7.48. The van der Waals surface area contributed by atoms with Gasteiger partial charge in [0.15, 0.2) is 0 Å². The van der Waals surface area contributed by atoms with E-state index in [1.54, 1.807) is 6.20 Å². The summed E-state index contributed by atoms with van der Waals surface area (Å²) in [6.45, 7) is 5.82. The average molecular weight is 318 g/mol. The topological polar surface area (TPSA) is 59.8 Å². The second kappa shape index (κ2) is 8.58. The third kappa shape index (κ3) is 5.18. The van der Waals surface area contributed by atoms with E-state index in [2.05, 4.69) is 33.7 Å². The van der Waals surface area contributed by atoms with Crippen LogP contribution in [0.2, 0.25) is 0 Å². The van der Waals surface area contributed by atoms with Crippen LogP contribution in [0.15, 0.2) is 41.8 Å². The van der Waals surface area contributed by atoms with Crippen LogP contribution in [0.1, 0.15) is 32.0 Å². The van der Waals surface area contributed by atoms with E-state index in [0.29, 0.717) is 18.2 Å². The van der Waals surface area contributed by atoms with Crippen LogP contribution in [-0.2, 0) is 11.3 Å². The molecule has 2 heterocycles. The maximum atomic E-state index is 11.8. The molecule has 5 nitrogen and oxygen atoms in total. The lowest BCUT2D eigenvalue weighted by atomic mass is 10.2. The van der Waals surface area contributed by atoms with Crippen LogP contribution in [0, 0.1) is 0 Å². The van der Waals surface area contributed by atoms with Crippen LogP contribution in [0.5, 0.6) is 0 Å². The van der Waals surface area contributed by atoms with Crippen molar-refractivity contribution >= 4 is 17.7 Å². The van der Waals surface area contributed by atoms with Gasteiger partial charge in [0.05, 0.1) is 10.8 Å². The maximum Gasteiger partial charge on any atom is 0.230 e. The molecule has 2 aromatic heterocycles. The summed E-state index contributed by atoms with van der Waals surface area (Å²) in [5.74, 6) is 1.96. The summed E-state index contributed by atoms with van der Waals surface area (Å²) in [6, 6.07) is 5.70. The second-order valence-corrected chi connectivity index (χ2v) is 6.29. The van der Waals surface area contributed by atoms with Crippen molar-refractivity contribution in [3.05, 3.63) is 42.6 Å². The summed E-state index contributed by atoms with van der Waals surface area (Å²) >= 11 is 1.45. The Morgan fingerprint density at radius 3 is 2.91 bits per heavy atom. The van der Waals surface area contributed by atoms with Crippen molar-refractivity contribution in [1.82, 2.24) is 19.9 Å². The minimum absolute atomic E-state index is 0.0466. The number of hydrogen-bond acceptors (Lipinski definition) is 4. The summed E-state index contributed by atoms with van der Waals surface area (Å²) < 4.78 is 2.15. The number of amides is 1. The number of aromatic nitrogens is 3. The molecule has 0 bridgehead atoms. The van der Waals surface area contributed by atoms with Gasteiger partial charge in [-0.3, -0.25) is 4.79 Å². The molecule has 0 aliphatic heterocycles. The fraction of sp³-hybridized carbons (Fsp3) is 0.438. The van der Waals surface area contributed by atoms with Crippen molar-refractivity contribution in [1.29, 1.82) is 0 Å². The zero-order chi connectivity index (χ0) is 15.8. The Morgan fingerprint density at radius 2 is 2.18 bits per heavy atom. The van der Waals surface area contributed by atoms with Crippen LogP contribution in [-0.4, -0.2) is 32.7 Å². The van der Waals surface area contributed by atoms with Crippen LogP contribution in [0.25, 0.3) is 0 Å². The molecule has 118 valence electrons. The molecule has 0 aromatic carbocycles. The lowest BCUT2D eigenvalue weighted by Crippen LogP contribution is -2.27. The summed E-state index contributed by atoms with van der Waals surface area (Å²) in [5.41, 5.74) is 0. The van der Waals surface area contributed by atoms with Gasteiger partial charge in [-0.15, -0.1) is 0 Å². The van der Waals surface area contributed by atoms with E-state index in [1.807, 2.05) is 30.6 Å². The highest BCUT2D eigenvalue weighted by Gasteiger charge is 2.07. The molecule has 6 heteroatoms. The van der Waals surface area contributed by atoms with Crippen molar-refractivity contribution in [3.8, 4) is 0 Å². The number of thioether (sulfide) groups is 1. The number of carbonyl (C=O) groups is 1. The maximum absolute atomic E-state index is 11.8. The standard InChI is InChI=1S/C16H22N4OS/c1-13(2)16-19-9-11-20(16)10-5-8-17-14(21)12-22-15-6-3-4-7-18-15/h3-4,6-7,9,11,13H,5,8,10,12H2,1-2H3,(H,17,21). The highest BCUT2D eigenvalue weighted by atomic mass is 32.2. The molecule has 0 atom stereocenters. The normalized spacial score (nSPS) is 10.9. The van der Waals surface area contributed by atoms with E-state index in [0.717, 1.165) is 23.8 Å². The van der Waals surface area contributed by atoms with E-state index in [1.165, 1.54) is 11.8 Å². The quantitative estimate of drug-likeness (QED) is 0.600. The van der Waals surface area contributed by atoms with Gasteiger partial charge in [-0.2, -0.15) is 0 Å². The number of aryl methyl sites for hydroxylation is 1. The molecule has 0 aliphatic rings. The monoisotopic (exact) mass is 318 g/mol. The van der Waals surface area contributed by atoms with Gasteiger partial charge in [0.2, 0.25) is 5.91 Å². The third-order valence-electron chi connectivity index (χ3n) is 3.15. The van der Waals surface area contributed by atoms with Gasteiger partial charge in [0.25, 0.3) is 0 Å².